The Bertz CT molecular complexity index is 543. The molecule has 0 radical (unpaired) electrons. The van der Waals surface area contributed by atoms with Crippen molar-refractivity contribution in [1.82, 2.24) is 4.98 Å². The number of hydrogen-bond acceptors (Lipinski definition) is 3. The van der Waals surface area contributed by atoms with Crippen molar-refractivity contribution in [2.24, 2.45) is 0 Å². The SMILES string of the molecule is COc1cc(NCc2ncccc2C)ccc1Br. The zero-order valence-electron chi connectivity index (χ0n) is 10.4. The molecule has 3 nitrogen and oxygen atoms in total. The lowest BCUT2D eigenvalue weighted by Gasteiger charge is -2.10. The lowest BCUT2D eigenvalue weighted by atomic mass is 10.2. The molecule has 0 saturated heterocycles. The molecule has 4 heteroatoms. The summed E-state index contributed by atoms with van der Waals surface area (Å²) >= 11 is 3.43. The number of pyridine rings is 1. The van der Waals surface area contributed by atoms with E-state index < -0.39 is 0 Å². The molecule has 0 spiro atoms. The van der Waals surface area contributed by atoms with E-state index in [4.69, 9.17) is 4.74 Å². The largest absolute Gasteiger partial charge is 0.495 e. The van der Waals surface area contributed by atoms with Crippen LogP contribution in [0.2, 0.25) is 0 Å². The number of benzene rings is 1. The van der Waals surface area contributed by atoms with Gasteiger partial charge in [0.15, 0.2) is 0 Å². The lowest BCUT2D eigenvalue weighted by molar-refractivity contribution is 0.412. The minimum absolute atomic E-state index is 0.706. The number of ether oxygens (including phenoxy) is 1. The number of anilines is 1. The van der Waals surface area contributed by atoms with Crippen LogP contribution in [-0.2, 0) is 6.54 Å². The Morgan fingerprint density at radius 2 is 2.17 bits per heavy atom. The van der Waals surface area contributed by atoms with Crippen LogP contribution in [0.4, 0.5) is 5.69 Å². The summed E-state index contributed by atoms with van der Waals surface area (Å²) in [5.74, 6) is 0.817. The van der Waals surface area contributed by atoms with Crippen LogP contribution in [0.1, 0.15) is 11.3 Å². The maximum Gasteiger partial charge on any atom is 0.135 e. The van der Waals surface area contributed by atoms with Crippen molar-refractivity contribution in [3.63, 3.8) is 0 Å². The van der Waals surface area contributed by atoms with Crippen molar-refractivity contribution in [1.29, 1.82) is 0 Å². The molecule has 0 saturated carbocycles. The van der Waals surface area contributed by atoms with E-state index in [1.807, 2.05) is 30.5 Å². The number of nitrogens with one attached hydrogen (secondary N) is 1. The third-order valence-electron chi connectivity index (χ3n) is 2.73. The maximum atomic E-state index is 5.26. The number of hydrogen-bond donors (Lipinski definition) is 1. The third kappa shape index (κ3) is 3.01. The van der Waals surface area contributed by atoms with Crippen LogP contribution in [0.3, 0.4) is 0 Å². The fourth-order valence-corrected chi connectivity index (χ4v) is 2.07. The van der Waals surface area contributed by atoms with E-state index in [1.165, 1.54) is 5.56 Å². The van der Waals surface area contributed by atoms with Gasteiger partial charge in [0.2, 0.25) is 0 Å². The smallest absolute Gasteiger partial charge is 0.135 e. The Hall–Kier alpha value is -1.55. The lowest BCUT2D eigenvalue weighted by Crippen LogP contribution is -2.03. The van der Waals surface area contributed by atoms with Crippen molar-refractivity contribution < 1.29 is 4.74 Å². The minimum Gasteiger partial charge on any atom is -0.495 e. The topological polar surface area (TPSA) is 34.1 Å². The van der Waals surface area contributed by atoms with Gasteiger partial charge in [-0.25, -0.2) is 0 Å². The van der Waals surface area contributed by atoms with Crippen molar-refractivity contribution in [3.05, 3.63) is 52.3 Å². The fraction of sp³-hybridized carbons (Fsp3) is 0.214. The number of methoxy groups -OCH3 is 1. The molecule has 2 aromatic rings. The van der Waals surface area contributed by atoms with Crippen LogP contribution in [0.15, 0.2) is 41.0 Å². The van der Waals surface area contributed by atoms with Gasteiger partial charge in [-0.2, -0.15) is 0 Å². The van der Waals surface area contributed by atoms with E-state index in [0.29, 0.717) is 6.54 Å². The molecule has 2 rings (SSSR count). The normalized spacial score (nSPS) is 10.2. The van der Waals surface area contributed by atoms with Gasteiger partial charge in [0.05, 0.1) is 23.8 Å². The monoisotopic (exact) mass is 306 g/mol. The minimum atomic E-state index is 0.706. The average Bonchev–Trinajstić information content (AvgIpc) is 2.39. The fourth-order valence-electron chi connectivity index (χ4n) is 1.66. The molecule has 1 aromatic carbocycles. The van der Waals surface area contributed by atoms with Gasteiger partial charge in [-0.15, -0.1) is 0 Å². The Morgan fingerprint density at radius 3 is 2.89 bits per heavy atom. The maximum absolute atomic E-state index is 5.26. The molecule has 0 atom stereocenters. The number of nitrogens with zero attached hydrogens (tertiary/aromatic N) is 1. The zero-order chi connectivity index (χ0) is 13.0. The average molecular weight is 307 g/mol. The molecule has 0 aliphatic carbocycles. The van der Waals surface area contributed by atoms with Crippen LogP contribution in [0.25, 0.3) is 0 Å². The first kappa shape index (κ1) is 12.9. The number of halogens is 1. The van der Waals surface area contributed by atoms with Gasteiger partial charge in [-0.1, -0.05) is 6.07 Å². The van der Waals surface area contributed by atoms with Gasteiger partial charge < -0.3 is 10.1 Å². The van der Waals surface area contributed by atoms with Crippen molar-refractivity contribution in [2.45, 2.75) is 13.5 Å². The standard InChI is InChI=1S/C14H15BrN2O/c1-10-4-3-7-16-13(10)9-17-11-5-6-12(15)14(8-11)18-2/h3-8,17H,9H2,1-2H3. The highest BCUT2D eigenvalue weighted by Crippen LogP contribution is 2.28. The van der Waals surface area contributed by atoms with Crippen LogP contribution < -0.4 is 10.1 Å². The summed E-state index contributed by atoms with van der Waals surface area (Å²) in [6.07, 6.45) is 1.81. The molecule has 0 amide bonds. The van der Waals surface area contributed by atoms with E-state index in [9.17, 15) is 0 Å². The van der Waals surface area contributed by atoms with Crippen molar-refractivity contribution >= 4 is 21.6 Å². The Morgan fingerprint density at radius 1 is 1.33 bits per heavy atom. The summed E-state index contributed by atoms with van der Waals surface area (Å²) in [5.41, 5.74) is 3.26. The third-order valence-corrected chi connectivity index (χ3v) is 3.38. The highest BCUT2D eigenvalue weighted by molar-refractivity contribution is 9.10. The first-order valence-corrected chi connectivity index (χ1v) is 6.48. The van der Waals surface area contributed by atoms with Crippen LogP contribution >= 0.6 is 15.9 Å². The molecule has 0 aliphatic heterocycles. The highest BCUT2D eigenvalue weighted by Gasteiger charge is 2.02. The summed E-state index contributed by atoms with van der Waals surface area (Å²) in [6.45, 7) is 2.77. The van der Waals surface area contributed by atoms with E-state index in [1.54, 1.807) is 7.11 Å². The first-order chi connectivity index (χ1) is 8.70. The molecule has 0 fully saturated rings. The molecule has 0 aliphatic rings. The number of aryl methyl sites for hydroxylation is 1. The molecular weight excluding hydrogens is 292 g/mol. The van der Waals surface area contributed by atoms with Crippen LogP contribution in [-0.4, -0.2) is 12.1 Å². The molecule has 1 aromatic heterocycles. The van der Waals surface area contributed by atoms with Gasteiger partial charge in [-0.05, 0) is 46.6 Å². The number of aromatic nitrogens is 1. The van der Waals surface area contributed by atoms with Crippen molar-refractivity contribution in [2.75, 3.05) is 12.4 Å². The zero-order valence-corrected chi connectivity index (χ0v) is 12.0. The van der Waals surface area contributed by atoms with E-state index in [0.717, 1.165) is 21.6 Å². The molecule has 1 N–H and O–H groups in total. The summed E-state index contributed by atoms with van der Waals surface area (Å²) < 4.78 is 6.21. The predicted molar refractivity (Wildman–Crippen MR) is 77.0 cm³/mol. The summed E-state index contributed by atoms with van der Waals surface area (Å²) in [4.78, 5) is 4.35. The molecule has 1 heterocycles. The Balaban J connectivity index is 2.09. The van der Waals surface area contributed by atoms with Gasteiger partial charge in [0.25, 0.3) is 0 Å². The summed E-state index contributed by atoms with van der Waals surface area (Å²) in [5, 5.41) is 3.34. The first-order valence-electron chi connectivity index (χ1n) is 5.68. The Kier molecular flexibility index (Phi) is 4.20. The predicted octanol–water partition coefficient (Wildman–Crippen LogP) is 3.77. The Labute approximate surface area is 115 Å². The number of rotatable bonds is 4. The van der Waals surface area contributed by atoms with E-state index in [-0.39, 0.29) is 0 Å². The van der Waals surface area contributed by atoms with Crippen LogP contribution in [0, 0.1) is 6.92 Å². The van der Waals surface area contributed by atoms with Crippen LogP contribution in [0.5, 0.6) is 5.75 Å². The van der Waals surface area contributed by atoms with Gasteiger partial charge in [0.1, 0.15) is 5.75 Å². The van der Waals surface area contributed by atoms with Gasteiger partial charge >= 0.3 is 0 Å². The highest BCUT2D eigenvalue weighted by atomic mass is 79.9. The van der Waals surface area contributed by atoms with E-state index >= 15 is 0 Å². The molecule has 18 heavy (non-hydrogen) atoms. The summed E-state index contributed by atoms with van der Waals surface area (Å²) in [7, 11) is 1.66. The van der Waals surface area contributed by atoms with Crippen molar-refractivity contribution in [3.8, 4) is 5.75 Å². The molecule has 94 valence electrons. The molecule has 0 bridgehead atoms. The second-order valence-corrected chi connectivity index (χ2v) is 4.82. The quantitative estimate of drug-likeness (QED) is 0.933. The van der Waals surface area contributed by atoms with E-state index in [2.05, 4.69) is 39.2 Å². The molecular formula is C14H15BrN2O. The van der Waals surface area contributed by atoms with Gasteiger partial charge in [0, 0.05) is 18.0 Å². The van der Waals surface area contributed by atoms with Gasteiger partial charge in [-0.3, -0.25) is 4.98 Å². The second-order valence-electron chi connectivity index (χ2n) is 3.97. The summed E-state index contributed by atoms with van der Waals surface area (Å²) in [6, 6.07) is 9.94. The second kappa shape index (κ2) is 5.87. The molecule has 0 unspecified atom stereocenters.